The molecule has 1 atom stereocenters. The van der Waals surface area contributed by atoms with E-state index in [2.05, 4.69) is 5.32 Å². The number of likely N-dealkylation sites (tertiary alicyclic amines) is 1. The van der Waals surface area contributed by atoms with Crippen LogP contribution < -0.4 is 5.32 Å². The Morgan fingerprint density at radius 2 is 2.38 bits per heavy atom. The lowest BCUT2D eigenvalue weighted by molar-refractivity contribution is -0.124. The zero-order valence-corrected chi connectivity index (χ0v) is 9.10. The molecular weight excluding hydrogens is 208 g/mol. The Balaban J connectivity index is 2.14. The molecule has 1 N–H and O–H groups in total. The van der Waals surface area contributed by atoms with Crippen molar-refractivity contribution >= 4 is 11.8 Å². The molecule has 1 aliphatic rings. The minimum Gasteiger partial charge on any atom is -0.459 e. The van der Waals surface area contributed by atoms with Crippen LogP contribution in [0.15, 0.2) is 22.8 Å². The molecule has 1 unspecified atom stereocenters. The first-order chi connectivity index (χ1) is 7.74. The maximum absolute atomic E-state index is 12.0. The summed E-state index contributed by atoms with van der Waals surface area (Å²) in [5.74, 6) is -0.0377. The van der Waals surface area contributed by atoms with Crippen molar-refractivity contribution in [3.63, 3.8) is 0 Å². The van der Waals surface area contributed by atoms with Gasteiger partial charge in [0, 0.05) is 13.6 Å². The zero-order chi connectivity index (χ0) is 11.5. The molecule has 5 heteroatoms. The molecule has 1 saturated heterocycles. The summed E-state index contributed by atoms with van der Waals surface area (Å²) in [5.41, 5.74) is 0. The fourth-order valence-electron chi connectivity index (χ4n) is 1.99. The van der Waals surface area contributed by atoms with Gasteiger partial charge in [-0.3, -0.25) is 9.59 Å². The number of furan rings is 1. The molecule has 16 heavy (non-hydrogen) atoms. The topological polar surface area (TPSA) is 62.6 Å². The van der Waals surface area contributed by atoms with Crippen LogP contribution in [0.5, 0.6) is 0 Å². The van der Waals surface area contributed by atoms with Gasteiger partial charge in [0.1, 0.15) is 6.04 Å². The maximum Gasteiger partial charge on any atom is 0.290 e. The SMILES string of the molecule is CNC(=O)C1CCCN1C(=O)c1ccco1. The summed E-state index contributed by atoms with van der Waals surface area (Å²) >= 11 is 0. The number of carbonyl (C=O) groups is 2. The molecule has 1 aromatic heterocycles. The number of carbonyl (C=O) groups excluding carboxylic acids is 2. The quantitative estimate of drug-likeness (QED) is 0.798. The molecule has 0 saturated carbocycles. The number of rotatable bonds is 2. The van der Waals surface area contributed by atoms with Crippen molar-refractivity contribution in [2.75, 3.05) is 13.6 Å². The van der Waals surface area contributed by atoms with Gasteiger partial charge in [-0.05, 0) is 25.0 Å². The van der Waals surface area contributed by atoms with Crippen LogP contribution in [0.25, 0.3) is 0 Å². The van der Waals surface area contributed by atoms with E-state index < -0.39 is 0 Å². The van der Waals surface area contributed by atoms with Crippen molar-refractivity contribution in [3.8, 4) is 0 Å². The zero-order valence-electron chi connectivity index (χ0n) is 9.10. The fraction of sp³-hybridized carbons (Fsp3) is 0.455. The molecule has 0 aromatic carbocycles. The van der Waals surface area contributed by atoms with Crippen LogP contribution in [0.3, 0.4) is 0 Å². The third-order valence-corrected chi connectivity index (χ3v) is 2.79. The fourth-order valence-corrected chi connectivity index (χ4v) is 1.99. The number of hydrogen-bond acceptors (Lipinski definition) is 3. The monoisotopic (exact) mass is 222 g/mol. The highest BCUT2D eigenvalue weighted by Gasteiger charge is 2.34. The van der Waals surface area contributed by atoms with Crippen LogP contribution in [-0.2, 0) is 4.79 Å². The van der Waals surface area contributed by atoms with Crippen molar-refractivity contribution in [1.29, 1.82) is 0 Å². The molecule has 2 amide bonds. The highest BCUT2D eigenvalue weighted by Crippen LogP contribution is 2.20. The Morgan fingerprint density at radius 3 is 3.00 bits per heavy atom. The number of nitrogens with zero attached hydrogens (tertiary/aromatic N) is 1. The molecule has 0 radical (unpaired) electrons. The van der Waals surface area contributed by atoms with Crippen LogP contribution in [0.2, 0.25) is 0 Å². The van der Waals surface area contributed by atoms with Crippen LogP contribution in [0.1, 0.15) is 23.4 Å². The molecule has 1 aromatic rings. The summed E-state index contributed by atoms with van der Waals surface area (Å²) in [6.07, 6.45) is 3.02. The number of likely N-dealkylation sites (N-methyl/N-ethyl adjacent to an activating group) is 1. The van der Waals surface area contributed by atoms with E-state index in [0.29, 0.717) is 13.0 Å². The Kier molecular flexibility index (Phi) is 2.94. The number of nitrogens with one attached hydrogen (secondary N) is 1. The Hall–Kier alpha value is -1.78. The van der Waals surface area contributed by atoms with Gasteiger partial charge in [0.05, 0.1) is 6.26 Å². The summed E-state index contributed by atoms with van der Waals surface area (Å²) in [5, 5.41) is 2.57. The van der Waals surface area contributed by atoms with Crippen molar-refractivity contribution in [3.05, 3.63) is 24.2 Å². The highest BCUT2D eigenvalue weighted by atomic mass is 16.3. The molecular formula is C11H14N2O3. The second-order valence-corrected chi connectivity index (χ2v) is 3.75. The molecule has 0 spiro atoms. The van der Waals surface area contributed by atoms with Gasteiger partial charge in [0.15, 0.2) is 5.76 Å². The Bertz CT molecular complexity index is 386. The maximum atomic E-state index is 12.0. The molecule has 86 valence electrons. The lowest BCUT2D eigenvalue weighted by Crippen LogP contribution is -2.44. The average Bonchev–Trinajstić information content (AvgIpc) is 2.97. The predicted molar refractivity (Wildman–Crippen MR) is 56.8 cm³/mol. The first-order valence-corrected chi connectivity index (χ1v) is 5.30. The van der Waals surface area contributed by atoms with Crippen molar-refractivity contribution in [2.24, 2.45) is 0 Å². The van der Waals surface area contributed by atoms with Crippen LogP contribution in [-0.4, -0.2) is 36.3 Å². The van der Waals surface area contributed by atoms with Gasteiger partial charge >= 0.3 is 0 Å². The molecule has 2 rings (SSSR count). The van der Waals surface area contributed by atoms with E-state index in [0.717, 1.165) is 6.42 Å². The van der Waals surface area contributed by atoms with Gasteiger partial charge < -0.3 is 14.6 Å². The van der Waals surface area contributed by atoms with Crippen molar-refractivity contribution in [1.82, 2.24) is 10.2 Å². The normalized spacial score (nSPS) is 19.8. The summed E-state index contributed by atoms with van der Waals surface area (Å²) in [6.45, 7) is 0.609. The number of hydrogen-bond donors (Lipinski definition) is 1. The van der Waals surface area contributed by atoms with Gasteiger partial charge in [-0.15, -0.1) is 0 Å². The molecule has 0 bridgehead atoms. The van der Waals surface area contributed by atoms with Crippen molar-refractivity contribution < 1.29 is 14.0 Å². The molecule has 5 nitrogen and oxygen atoms in total. The summed E-state index contributed by atoms with van der Waals surface area (Å²) in [6, 6.07) is 2.92. The van der Waals surface area contributed by atoms with Gasteiger partial charge in [-0.25, -0.2) is 0 Å². The third-order valence-electron chi connectivity index (χ3n) is 2.79. The van der Waals surface area contributed by atoms with Gasteiger partial charge in [-0.2, -0.15) is 0 Å². The van der Waals surface area contributed by atoms with E-state index in [9.17, 15) is 9.59 Å². The molecule has 1 fully saturated rings. The summed E-state index contributed by atoms with van der Waals surface area (Å²) < 4.78 is 5.05. The largest absolute Gasteiger partial charge is 0.459 e. The van der Waals surface area contributed by atoms with Gasteiger partial charge in [0.2, 0.25) is 5.91 Å². The minimum absolute atomic E-state index is 0.114. The second-order valence-electron chi connectivity index (χ2n) is 3.75. The predicted octanol–water partition coefficient (Wildman–Crippen LogP) is 0.630. The van der Waals surface area contributed by atoms with E-state index in [-0.39, 0.29) is 23.6 Å². The standard InChI is InChI=1S/C11H14N2O3/c1-12-10(14)8-4-2-6-13(8)11(15)9-5-3-7-16-9/h3,5,7-8H,2,4,6H2,1H3,(H,12,14). The Labute approximate surface area is 93.4 Å². The number of amides is 2. The van der Waals surface area contributed by atoms with Crippen LogP contribution >= 0.6 is 0 Å². The molecule has 2 heterocycles. The highest BCUT2D eigenvalue weighted by molar-refractivity contribution is 5.95. The average molecular weight is 222 g/mol. The smallest absolute Gasteiger partial charge is 0.290 e. The van der Waals surface area contributed by atoms with Gasteiger partial charge in [0.25, 0.3) is 5.91 Å². The summed E-state index contributed by atoms with van der Waals surface area (Å²) in [4.78, 5) is 25.1. The van der Waals surface area contributed by atoms with E-state index in [1.807, 2.05) is 0 Å². The lowest BCUT2D eigenvalue weighted by atomic mass is 10.2. The van der Waals surface area contributed by atoms with Crippen LogP contribution in [0.4, 0.5) is 0 Å². The van der Waals surface area contributed by atoms with E-state index >= 15 is 0 Å². The van der Waals surface area contributed by atoms with E-state index in [1.165, 1.54) is 6.26 Å². The summed E-state index contributed by atoms with van der Waals surface area (Å²) in [7, 11) is 1.58. The molecule has 1 aliphatic heterocycles. The molecule has 0 aliphatic carbocycles. The van der Waals surface area contributed by atoms with E-state index in [4.69, 9.17) is 4.42 Å². The third kappa shape index (κ3) is 1.80. The van der Waals surface area contributed by atoms with Gasteiger partial charge in [-0.1, -0.05) is 0 Å². The van der Waals surface area contributed by atoms with E-state index in [1.54, 1.807) is 24.1 Å². The first-order valence-electron chi connectivity index (χ1n) is 5.30. The van der Waals surface area contributed by atoms with Crippen molar-refractivity contribution in [2.45, 2.75) is 18.9 Å². The minimum atomic E-state index is -0.359. The van der Waals surface area contributed by atoms with Crippen LogP contribution in [0, 0.1) is 0 Å². The Morgan fingerprint density at radius 1 is 1.56 bits per heavy atom. The lowest BCUT2D eigenvalue weighted by Gasteiger charge is -2.22. The first kappa shape index (κ1) is 10.7. The second kappa shape index (κ2) is 4.38.